The van der Waals surface area contributed by atoms with Gasteiger partial charge in [-0.05, 0) is 74.6 Å². The van der Waals surface area contributed by atoms with E-state index in [2.05, 4.69) is 22.2 Å². The molecule has 0 bridgehead atoms. The van der Waals surface area contributed by atoms with E-state index in [1.165, 1.54) is 0 Å². The van der Waals surface area contributed by atoms with Gasteiger partial charge < -0.3 is 20.1 Å². The second-order valence-corrected chi connectivity index (χ2v) is 9.07. The number of anilines is 2. The second-order valence-electron chi connectivity index (χ2n) is 9.07. The third-order valence-corrected chi connectivity index (χ3v) is 6.34. The van der Waals surface area contributed by atoms with Gasteiger partial charge in [-0.2, -0.15) is 0 Å². The zero-order chi connectivity index (χ0) is 22.7. The Balaban J connectivity index is 1.57. The van der Waals surface area contributed by atoms with Crippen LogP contribution in [0.15, 0.2) is 42.6 Å². The first-order valence-electron chi connectivity index (χ1n) is 11.3. The van der Waals surface area contributed by atoms with Crippen molar-refractivity contribution in [3.05, 3.63) is 59.5 Å². The molecule has 5 nitrogen and oxygen atoms in total. The molecule has 6 heteroatoms. The maximum absolute atomic E-state index is 14.7. The summed E-state index contributed by atoms with van der Waals surface area (Å²) in [6, 6.07) is 10.9. The molecule has 1 saturated heterocycles. The van der Waals surface area contributed by atoms with Gasteiger partial charge in [0.1, 0.15) is 11.6 Å². The molecule has 32 heavy (non-hydrogen) atoms. The smallest absolute Gasteiger partial charge is 0.146 e. The summed E-state index contributed by atoms with van der Waals surface area (Å²) in [6.45, 7) is 6.76. The van der Waals surface area contributed by atoms with E-state index in [0.717, 1.165) is 48.1 Å². The molecule has 0 spiro atoms. The molecule has 170 valence electrons. The minimum absolute atomic E-state index is 0.134. The van der Waals surface area contributed by atoms with E-state index in [0.29, 0.717) is 29.5 Å². The molecule has 0 unspecified atom stereocenters. The van der Waals surface area contributed by atoms with Crippen molar-refractivity contribution < 1.29 is 14.2 Å². The lowest BCUT2D eigenvalue weighted by Crippen LogP contribution is -2.32. The van der Waals surface area contributed by atoms with Crippen LogP contribution in [0.2, 0.25) is 0 Å². The predicted octanol–water partition coefficient (Wildman–Crippen LogP) is 5.45. The Kier molecular flexibility index (Phi) is 6.92. The molecular formula is C26H32FN3O2. The van der Waals surface area contributed by atoms with Crippen LogP contribution in [0.5, 0.6) is 5.75 Å². The van der Waals surface area contributed by atoms with Gasteiger partial charge in [-0.1, -0.05) is 19.9 Å². The summed E-state index contributed by atoms with van der Waals surface area (Å²) in [5.74, 6) is 1.16. The van der Waals surface area contributed by atoms with Crippen LogP contribution in [0, 0.1) is 11.7 Å². The van der Waals surface area contributed by atoms with Crippen LogP contribution < -0.4 is 10.1 Å². The Labute approximate surface area is 189 Å². The lowest BCUT2D eigenvalue weighted by Gasteiger charge is -2.29. The first-order valence-corrected chi connectivity index (χ1v) is 11.3. The van der Waals surface area contributed by atoms with Crippen molar-refractivity contribution >= 4 is 22.3 Å². The van der Waals surface area contributed by atoms with Crippen LogP contribution in [-0.4, -0.2) is 41.7 Å². The van der Waals surface area contributed by atoms with Crippen molar-refractivity contribution in [3.8, 4) is 5.75 Å². The number of ether oxygens (including phenoxy) is 1. The molecule has 2 aromatic carbocycles. The van der Waals surface area contributed by atoms with E-state index in [-0.39, 0.29) is 18.3 Å². The molecule has 1 fully saturated rings. The zero-order valence-electron chi connectivity index (χ0n) is 19.1. The number of fused-ring (bicyclic) bond motifs is 1. The molecule has 0 aliphatic carbocycles. The highest BCUT2D eigenvalue weighted by molar-refractivity contribution is 5.94. The Morgan fingerprint density at radius 2 is 1.94 bits per heavy atom. The lowest BCUT2D eigenvalue weighted by atomic mass is 9.98. The van der Waals surface area contributed by atoms with Crippen LogP contribution >= 0.6 is 0 Å². The van der Waals surface area contributed by atoms with Crippen LogP contribution in [0.4, 0.5) is 15.8 Å². The number of aliphatic hydroxyl groups is 1. The molecule has 0 radical (unpaired) electrons. The fraction of sp³-hybridized carbons (Fsp3) is 0.423. The summed E-state index contributed by atoms with van der Waals surface area (Å²) in [4.78, 5) is 6.82. The summed E-state index contributed by atoms with van der Waals surface area (Å²) < 4.78 is 20.8. The lowest BCUT2D eigenvalue weighted by molar-refractivity contribution is 0.157. The molecule has 1 aromatic heterocycles. The molecular weight excluding hydrogens is 405 g/mol. The normalized spacial score (nSPS) is 15.4. The maximum atomic E-state index is 14.7. The van der Waals surface area contributed by atoms with Gasteiger partial charge in [0.2, 0.25) is 0 Å². The number of hydrogen-bond donors (Lipinski definition) is 2. The number of aromatic nitrogens is 1. The average Bonchev–Trinajstić information content (AvgIpc) is 2.79. The standard InChI is InChI=1S/C26H32FN3O2/c1-17(2)19-4-5-24(22(27)13-19)29-23-6-9-28-25-14-26(20(15-31)12-21(23)25)32-16-18-7-10-30(3)11-8-18/h4-6,9,12-14,17-18,31H,7-8,10-11,15-16H2,1-3H3,(H,28,29). The Hall–Kier alpha value is -2.70. The largest absolute Gasteiger partial charge is 0.493 e. The fourth-order valence-corrected chi connectivity index (χ4v) is 4.16. The maximum Gasteiger partial charge on any atom is 0.146 e. The monoisotopic (exact) mass is 437 g/mol. The van der Waals surface area contributed by atoms with Crippen molar-refractivity contribution in [3.63, 3.8) is 0 Å². The van der Waals surface area contributed by atoms with Crippen LogP contribution in [0.3, 0.4) is 0 Å². The number of hydrogen-bond acceptors (Lipinski definition) is 5. The number of nitrogens with zero attached hydrogens (tertiary/aromatic N) is 2. The third-order valence-electron chi connectivity index (χ3n) is 6.34. The number of nitrogens with one attached hydrogen (secondary N) is 1. The SMILES string of the molecule is CC(C)c1ccc(Nc2ccnc3cc(OCC4CCN(C)CC4)c(CO)cc23)c(F)c1. The van der Waals surface area contributed by atoms with Gasteiger partial charge in [-0.3, -0.25) is 4.98 Å². The number of piperidine rings is 1. The molecule has 0 atom stereocenters. The van der Waals surface area contributed by atoms with Gasteiger partial charge in [-0.25, -0.2) is 4.39 Å². The number of aliphatic hydroxyl groups excluding tert-OH is 1. The van der Waals surface area contributed by atoms with Gasteiger partial charge in [0.05, 0.1) is 24.4 Å². The molecule has 4 rings (SSSR count). The fourth-order valence-electron chi connectivity index (χ4n) is 4.16. The quantitative estimate of drug-likeness (QED) is 0.514. The van der Waals surface area contributed by atoms with Crippen LogP contribution in [-0.2, 0) is 6.61 Å². The number of likely N-dealkylation sites (tertiary alicyclic amines) is 1. The predicted molar refractivity (Wildman–Crippen MR) is 127 cm³/mol. The molecule has 1 aliphatic rings. The van der Waals surface area contributed by atoms with Gasteiger partial charge >= 0.3 is 0 Å². The third kappa shape index (κ3) is 5.03. The van der Waals surface area contributed by atoms with Crippen LogP contribution in [0.25, 0.3) is 10.9 Å². The summed E-state index contributed by atoms with van der Waals surface area (Å²) >= 11 is 0. The van der Waals surface area contributed by atoms with Gasteiger partial charge in [0, 0.05) is 28.9 Å². The Morgan fingerprint density at radius 1 is 1.16 bits per heavy atom. The number of benzene rings is 2. The van der Waals surface area contributed by atoms with Crippen molar-refractivity contribution in [2.45, 2.75) is 39.2 Å². The highest BCUT2D eigenvalue weighted by Crippen LogP contribution is 2.33. The average molecular weight is 438 g/mol. The second kappa shape index (κ2) is 9.84. The first-order chi connectivity index (χ1) is 15.4. The van der Waals surface area contributed by atoms with E-state index in [9.17, 15) is 9.50 Å². The summed E-state index contributed by atoms with van der Waals surface area (Å²) in [6.07, 6.45) is 3.93. The van der Waals surface area contributed by atoms with Crippen molar-refractivity contribution in [2.75, 3.05) is 32.1 Å². The highest BCUT2D eigenvalue weighted by atomic mass is 19.1. The molecule has 0 saturated carbocycles. The van der Waals surface area contributed by atoms with Crippen molar-refractivity contribution in [1.82, 2.24) is 9.88 Å². The molecule has 2 N–H and O–H groups in total. The van der Waals surface area contributed by atoms with Gasteiger partial charge in [0.15, 0.2) is 0 Å². The Bertz CT molecular complexity index is 1080. The topological polar surface area (TPSA) is 57.6 Å². The van der Waals surface area contributed by atoms with E-state index >= 15 is 0 Å². The van der Waals surface area contributed by atoms with Crippen molar-refractivity contribution in [1.29, 1.82) is 0 Å². The van der Waals surface area contributed by atoms with E-state index in [1.54, 1.807) is 18.3 Å². The van der Waals surface area contributed by atoms with E-state index in [4.69, 9.17) is 4.74 Å². The minimum Gasteiger partial charge on any atom is -0.493 e. The molecule has 3 aromatic rings. The van der Waals surface area contributed by atoms with Gasteiger partial charge in [0.25, 0.3) is 0 Å². The summed E-state index contributed by atoms with van der Waals surface area (Å²) in [5, 5.41) is 14.0. The number of pyridine rings is 1. The summed E-state index contributed by atoms with van der Waals surface area (Å²) in [7, 11) is 2.14. The molecule has 0 amide bonds. The Morgan fingerprint density at radius 3 is 2.62 bits per heavy atom. The molecule has 1 aliphatic heterocycles. The van der Waals surface area contributed by atoms with Gasteiger partial charge in [-0.15, -0.1) is 0 Å². The zero-order valence-corrected chi connectivity index (χ0v) is 19.1. The van der Waals surface area contributed by atoms with E-state index in [1.807, 2.05) is 38.1 Å². The molecule has 2 heterocycles. The van der Waals surface area contributed by atoms with E-state index < -0.39 is 0 Å². The highest BCUT2D eigenvalue weighted by Gasteiger charge is 2.18. The minimum atomic E-state index is -0.290. The number of rotatable bonds is 7. The number of halogens is 1. The van der Waals surface area contributed by atoms with Crippen molar-refractivity contribution in [2.24, 2.45) is 5.92 Å². The van der Waals surface area contributed by atoms with Crippen LogP contribution in [0.1, 0.15) is 43.7 Å². The first kappa shape index (κ1) is 22.5. The summed E-state index contributed by atoms with van der Waals surface area (Å²) in [5.41, 5.74) is 3.56.